The largest absolute Gasteiger partial charge is 0.490 e. The van der Waals surface area contributed by atoms with Gasteiger partial charge in [-0.1, -0.05) is 60.1 Å². The van der Waals surface area contributed by atoms with Crippen molar-refractivity contribution in [3.8, 4) is 11.5 Å². The predicted octanol–water partition coefficient (Wildman–Crippen LogP) is 4.53. The zero-order chi connectivity index (χ0) is 33.4. The maximum absolute atomic E-state index is 13.6. The second kappa shape index (κ2) is 15.1. The van der Waals surface area contributed by atoms with Crippen molar-refractivity contribution in [1.29, 1.82) is 0 Å². The molecule has 0 aromatic heterocycles. The number of nitrogens with zero attached hydrogens (tertiary/aromatic N) is 3. The Bertz CT molecular complexity index is 1940. The number of carbonyl (C=O) groups is 1. The van der Waals surface area contributed by atoms with Gasteiger partial charge >= 0.3 is 0 Å². The summed E-state index contributed by atoms with van der Waals surface area (Å²) < 4.78 is 67.9. The van der Waals surface area contributed by atoms with Gasteiger partial charge in [0.1, 0.15) is 12.6 Å². The molecule has 47 heavy (non-hydrogen) atoms. The van der Waals surface area contributed by atoms with E-state index in [1.165, 1.54) is 30.5 Å². The molecule has 1 fully saturated rings. The lowest BCUT2D eigenvalue weighted by atomic mass is 10.2. The van der Waals surface area contributed by atoms with Crippen LogP contribution in [0.2, 0.25) is 5.02 Å². The minimum atomic E-state index is -4.15. The smallest absolute Gasteiger partial charge is 0.259 e. The third kappa shape index (κ3) is 8.18. The number of sulfonamides is 2. The van der Waals surface area contributed by atoms with E-state index in [9.17, 15) is 21.6 Å². The first-order valence-corrected chi connectivity index (χ1v) is 17.9. The van der Waals surface area contributed by atoms with E-state index < -0.39 is 38.5 Å². The quantitative estimate of drug-likeness (QED) is 0.170. The summed E-state index contributed by atoms with van der Waals surface area (Å²) in [5.41, 5.74) is 3.85. The summed E-state index contributed by atoms with van der Waals surface area (Å²) >= 11 is 6.07. The number of hydrogen-bond acceptors (Lipinski definition) is 8. The van der Waals surface area contributed by atoms with Crippen molar-refractivity contribution in [2.45, 2.75) is 29.4 Å². The SMILES string of the molecule is CCOc1cc(/C=N\NC(=O)[C@@H]2CN(S(=O)(=O)c3ccccc3)CCN2S(=O)(=O)c2ccccc2)ccc1OCc1cccc(Cl)c1. The number of piperazine rings is 1. The summed E-state index contributed by atoms with van der Waals surface area (Å²) in [4.78, 5) is 13.6. The fraction of sp³-hybridized carbons (Fsp3) is 0.212. The van der Waals surface area contributed by atoms with E-state index in [4.69, 9.17) is 21.1 Å². The molecule has 1 heterocycles. The van der Waals surface area contributed by atoms with Crippen LogP contribution < -0.4 is 14.9 Å². The topological polar surface area (TPSA) is 135 Å². The lowest BCUT2D eigenvalue weighted by Crippen LogP contribution is -2.60. The Labute approximate surface area is 279 Å². The maximum atomic E-state index is 13.6. The molecule has 1 atom stereocenters. The number of benzene rings is 4. The molecule has 246 valence electrons. The van der Waals surface area contributed by atoms with E-state index in [1.54, 1.807) is 66.7 Å². The molecule has 1 saturated heterocycles. The van der Waals surface area contributed by atoms with Crippen LogP contribution in [0.5, 0.6) is 11.5 Å². The molecule has 5 rings (SSSR count). The van der Waals surface area contributed by atoms with Gasteiger partial charge in [0.15, 0.2) is 11.5 Å². The fourth-order valence-electron chi connectivity index (χ4n) is 4.96. The van der Waals surface area contributed by atoms with Crippen molar-refractivity contribution in [3.05, 3.63) is 119 Å². The minimum Gasteiger partial charge on any atom is -0.490 e. The zero-order valence-electron chi connectivity index (χ0n) is 25.4. The summed E-state index contributed by atoms with van der Waals surface area (Å²) in [6.07, 6.45) is 1.37. The molecule has 0 radical (unpaired) electrons. The average Bonchev–Trinajstić information content (AvgIpc) is 3.08. The maximum Gasteiger partial charge on any atom is 0.259 e. The van der Waals surface area contributed by atoms with Crippen molar-refractivity contribution in [3.63, 3.8) is 0 Å². The molecule has 0 aliphatic carbocycles. The first-order chi connectivity index (χ1) is 22.6. The highest BCUT2D eigenvalue weighted by molar-refractivity contribution is 7.89. The van der Waals surface area contributed by atoms with Gasteiger partial charge in [0.2, 0.25) is 20.0 Å². The van der Waals surface area contributed by atoms with Crippen LogP contribution in [0.4, 0.5) is 0 Å². The number of hydrogen-bond donors (Lipinski definition) is 1. The molecule has 1 amide bonds. The van der Waals surface area contributed by atoms with Crippen molar-refractivity contribution in [2.75, 3.05) is 26.2 Å². The minimum absolute atomic E-state index is 0.0122. The first-order valence-electron chi connectivity index (χ1n) is 14.7. The molecule has 1 N–H and O–H groups in total. The van der Waals surface area contributed by atoms with Crippen LogP contribution >= 0.6 is 11.6 Å². The molecule has 11 nitrogen and oxygen atoms in total. The summed E-state index contributed by atoms with van der Waals surface area (Å²) in [7, 11) is -8.15. The predicted molar refractivity (Wildman–Crippen MR) is 178 cm³/mol. The molecular formula is C33H33ClN4O7S2. The molecule has 0 spiro atoms. The fourth-order valence-corrected chi connectivity index (χ4v) is 8.22. The Morgan fingerprint density at radius 2 is 1.53 bits per heavy atom. The third-order valence-corrected chi connectivity index (χ3v) is 11.3. The van der Waals surface area contributed by atoms with Gasteiger partial charge in [-0.25, -0.2) is 22.3 Å². The van der Waals surface area contributed by atoms with Gasteiger partial charge in [0, 0.05) is 24.7 Å². The van der Waals surface area contributed by atoms with Gasteiger partial charge in [-0.3, -0.25) is 4.79 Å². The van der Waals surface area contributed by atoms with Gasteiger partial charge in [-0.2, -0.15) is 13.7 Å². The molecule has 4 aromatic rings. The summed E-state index contributed by atoms with van der Waals surface area (Å²) in [6, 6.07) is 26.5. The van der Waals surface area contributed by atoms with Crippen molar-refractivity contribution in [2.24, 2.45) is 5.10 Å². The highest BCUT2D eigenvalue weighted by Gasteiger charge is 2.43. The van der Waals surface area contributed by atoms with Crippen LogP contribution in [0.1, 0.15) is 18.1 Å². The first kappa shape index (κ1) is 34.1. The Hall–Kier alpha value is -4.27. The highest BCUT2D eigenvalue weighted by atomic mass is 35.5. The molecule has 4 aromatic carbocycles. The Morgan fingerprint density at radius 1 is 0.851 bits per heavy atom. The van der Waals surface area contributed by atoms with Gasteiger partial charge in [0.05, 0.1) is 22.6 Å². The number of nitrogens with one attached hydrogen (secondary N) is 1. The molecular weight excluding hydrogens is 664 g/mol. The van der Waals surface area contributed by atoms with E-state index >= 15 is 0 Å². The highest BCUT2D eigenvalue weighted by Crippen LogP contribution is 2.29. The third-order valence-electron chi connectivity index (χ3n) is 7.27. The number of carbonyl (C=O) groups excluding carboxylic acids is 1. The number of ether oxygens (including phenoxy) is 2. The lowest BCUT2D eigenvalue weighted by Gasteiger charge is -2.38. The van der Waals surface area contributed by atoms with E-state index in [0.29, 0.717) is 28.7 Å². The molecule has 0 saturated carbocycles. The Kier molecular flexibility index (Phi) is 10.9. The number of rotatable bonds is 12. The van der Waals surface area contributed by atoms with Crippen molar-refractivity contribution >= 4 is 43.8 Å². The van der Waals surface area contributed by atoms with E-state index in [-0.39, 0.29) is 29.5 Å². The van der Waals surface area contributed by atoms with Gasteiger partial charge in [-0.05, 0) is 72.6 Å². The van der Waals surface area contributed by atoms with Crippen molar-refractivity contribution < 1.29 is 31.1 Å². The number of halogens is 1. The second-order valence-corrected chi connectivity index (χ2v) is 14.7. The van der Waals surface area contributed by atoms with Crippen LogP contribution in [0.3, 0.4) is 0 Å². The van der Waals surface area contributed by atoms with E-state index in [2.05, 4.69) is 10.5 Å². The molecule has 0 bridgehead atoms. The van der Waals surface area contributed by atoms with Gasteiger partial charge in [-0.15, -0.1) is 0 Å². The van der Waals surface area contributed by atoms with Crippen LogP contribution in [0.15, 0.2) is 118 Å². The van der Waals surface area contributed by atoms with Gasteiger partial charge < -0.3 is 9.47 Å². The van der Waals surface area contributed by atoms with Crippen LogP contribution in [-0.2, 0) is 31.4 Å². The summed E-state index contributed by atoms with van der Waals surface area (Å²) in [5.74, 6) is 0.163. The molecule has 14 heteroatoms. The Balaban J connectivity index is 1.35. The molecule has 0 unspecified atom stereocenters. The molecule has 1 aliphatic rings. The summed E-state index contributed by atoms with van der Waals surface area (Å²) in [5, 5.41) is 4.66. The lowest BCUT2D eigenvalue weighted by molar-refractivity contribution is -0.125. The summed E-state index contributed by atoms with van der Waals surface area (Å²) in [6.45, 7) is 1.70. The van der Waals surface area contributed by atoms with Crippen molar-refractivity contribution in [1.82, 2.24) is 14.0 Å². The molecule has 1 aliphatic heterocycles. The zero-order valence-corrected chi connectivity index (χ0v) is 27.8. The second-order valence-electron chi connectivity index (χ2n) is 10.4. The van der Waals surface area contributed by atoms with Crippen LogP contribution in [0.25, 0.3) is 0 Å². The standard InChI is InChI=1S/C33H33ClN4O7S2/c1-2-44-32-21-25(16-17-31(32)45-24-26-10-9-11-27(34)20-26)22-35-36-33(39)30-23-37(46(40,41)28-12-5-3-6-13-28)18-19-38(30)47(42,43)29-14-7-4-8-15-29/h3-17,20-22,30H,2,18-19,23-24H2,1H3,(H,36,39)/b35-22-/t30-/m0/s1. The van der Waals surface area contributed by atoms with Crippen LogP contribution in [-0.4, -0.2) is 69.9 Å². The van der Waals surface area contributed by atoms with Crippen LogP contribution in [0, 0.1) is 0 Å². The van der Waals surface area contributed by atoms with E-state index in [0.717, 1.165) is 14.2 Å². The number of hydrazone groups is 1. The Morgan fingerprint density at radius 3 is 2.19 bits per heavy atom. The number of amides is 1. The average molecular weight is 697 g/mol. The monoisotopic (exact) mass is 696 g/mol. The van der Waals surface area contributed by atoms with Gasteiger partial charge in [0.25, 0.3) is 5.91 Å². The normalized spacial score (nSPS) is 16.2. The van der Waals surface area contributed by atoms with E-state index in [1.807, 2.05) is 19.1 Å².